The third-order valence-corrected chi connectivity index (χ3v) is 8.33. The van der Waals surface area contributed by atoms with E-state index in [1.54, 1.807) is 19.2 Å². The number of ether oxygens (including phenoxy) is 2. The average molecular weight is 573 g/mol. The number of aliphatic hydroxyl groups excluding tert-OH is 1. The van der Waals surface area contributed by atoms with E-state index in [1.807, 2.05) is 36.4 Å². The second-order valence-corrected chi connectivity index (χ2v) is 11.1. The number of carbonyl (C=O) groups excluding carboxylic acids is 1. The van der Waals surface area contributed by atoms with Gasteiger partial charge in [-0.05, 0) is 67.3 Å². The van der Waals surface area contributed by atoms with E-state index in [4.69, 9.17) is 32.7 Å². The third-order valence-electron chi connectivity index (χ3n) is 7.79. The molecule has 39 heavy (non-hydrogen) atoms. The average Bonchev–Trinajstić information content (AvgIpc) is 2.95. The quantitative estimate of drug-likeness (QED) is 0.344. The van der Waals surface area contributed by atoms with Crippen LogP contribution in [0.1, 0.15) is 30.4 Å². The number of nitrogens with zero attached hydrogens (tertiary/aromatic N) is 2. The first-order valence-corrected chi connectivity index (χ1v) is 13.8. The molecule has 3 aromatic carbocycles. The van der Waals surface area contributed by atoms with E-state index in [0.29, 0.717) is 59.5 Å². The summed E-state index contributed by atoms with van der Waals surface area (Å²) in [6.45, 7) is 1.92. The highest BCUT2D eigenvalue weighted by Crippen LogP contribution is 2.41. The number of halogens is 3. The molecular weight excluding hydrogens is 542 g/mol. The largest absolute Gasteiger partial charge is 0.497 e. The van der Waals surface area contributed by atoms with Crippen molar-refractivity contribution in [3.05, 3.63) is 81.6 Å². The number of rotatable bonds is 8. The summed E-state index contributed by atoms with van der Waals surface area (Å²) in [5.41, 5.74) is 2.30. The molecule has 0 saturated carbocycles. The highest BCUT2D eigenvalue weighted by molar-refractivity contribution is 6.36. The highest BCUT2D eigenvalue weighted by Gasteiger charge is 2.37. The second kappa shape index (κ2) is 11.6. The summed E-state index contributed by atoms with van der Waals surface area (Å²) in [5, 5.41) is 11.6. The van der Waals surface area contributed by atoms with Gasteiger partial charge in [0.05, 0.1) is 43.3 Å². The Balaban J connectivity index is 1.31. The molecule has 6 nitrogen and oxygen atoms in total. The molecule has 2 aliphatic rings. The van der Waals surface area contributed by atoms with Gasteiger partial charge in [-0.2, -0.15) is 0 Å². The van der Waals surface area contributed by atoms with Gasteiger partial charge in [-0.15, -0.1) is 0 Å². The Morgan fingerprint density at radius 3 is 2.44 bits per heavy atom. The molecule has 0 aromatic heterocycles. The number of hydrogen-bond acceptors (Lipinski definition) is 5. The van der Waals surface area contributed by atoms with E-state index in [-0.39, 0.29) is 37.8 Å². The summed E-state index contributed by atoms with van der Waals surface area (Å²) in [4.78, 5) is 16.6. The summed E-state index contributed by atoms with van der Waals surface area (Å²) in [6.07, 6.45) is 2.07. The SMILES string of the molecule is COc1ccc(CN2C(=O)CCc3c(OCC4(CO)CCN(c5ccc(Cl)cc5Cl)CC4)ccc(F)c32)cc1. The van der Waals surface area contributed by atoms with Crippen LogP contribution in [-0.2, 0) is 17.8 Å². The molecule has 0 aliphatic carbocycles. The molecule has 1 N–H and O–H groups in total. The Bertz CT molecular complexity index is 1340. The van der Waals surface area contributed by atoms with Crippen LogP contribution in [0.4, 0.5) is 15.8 Å². The van der Waals surface area contributed by atoms with E-state index in [0.717, 1.165) is 11.3 Å². The summed E-state index contributed by atoms with van der Waals surface area (Å²) in [6, 6.07) is 15.8. The van der Waals surface area contributed by atoms with Gasteiger partial charge >= 0.3 is 0 Å². The van der Waals surface area contributed by atoms with Crippen molar-refractivity contribution < 1.29 is 23.8 Å². The minimum Gasteiger partial charge on any atom is -0.497 e. The van der Waals surface area contributed by atoms with Crippen LogP contribution in [0, 0.1) is 11.2 Å². The van der Waals surface area contributed by atoms with Gasteiger partial charge in [0, 0.05) is 35.5 Å². The normalized spacial score (nSPS) is 16.7. The first kappa shape index (κ1) is 27.6. The van der Waals surface area contributed by atoms with Crippen LogP contribution in [0.5, 0.6) is 11.5 Å². The maximum Gasteiger partial charge on any atom is 0.227 e. The zero-order valence-electron chi connectivity index (χ0n) is 21.8. The Hall–Kier alpha value is -3.00. The molecule has 0 unspecified atom stereocenters. The molecule has 2 heterocycles. The Labute approximate surface area is 237 Å². The van der Waals surface area contributed by atoms with Crippen LogP contribution in [-0.4, -0.2) is 44.4 Å². The molecule has 206 valence electrons. The zero-order chi connectivity index (χ0) is 27.6. The maximum absolute atomic E-state index is 15.2. The molecule has 5 rings (SSSR count). The molecule has 3 aromatic rings. The minimum atomic E-state index is -0.455. The Morgan fingerprint density at radius 1 is 1.03 bits per heavy atom. The topological polar surface area (TPSA) is 62.2 Å². The number of amides is 1. The van der Waals surface area contributed by atoms with Crippen LogP contribution >= 0.6 is 23.2 Å². The summed E-state index contributed by atoms with van der Waals surface area (Å²) >= 11 is 12.5. The lowest BCUT2D eigenvalue weighted by Gasteiger charge is -2.42. The first-order chi connectivity index (χ1) is 18.8. The molecule has 0 spiro atoms. The van der Waals surface area contributed by atoms with Gasteiger partial charge in [-0.1, -0.05) is 35.3 Å². The second-order valence-electron chi connectivity index (χ2n) is 10.2. The fourth-order valence-corrected chi connectivity index (χ4v) is 5.90. The fourth-order valence-electron chi connectivity index (χ4n) is 5.37. The molecule has 1 fully saturated rings. The summed E-state index contributed by atoms with van der Waals surface area (Å²) < 4.78 is 26.7. The number of aliphatic hydroxyl groups is 1. The molecule has 1 saturated heterocycles. The van der Waals surface area contributed by atoms with Crippen LogP contribution < -0.4 is 19.3 Å². The lowest BCUT2D eigenvalue weighted by atomic mass is 9.79. The maximum atomic E-state index is 15.2. The minimum absolute atomic E-state index is 0.0271. The molecule has 0 atom stereocenters. The first-order valence-electron chi connectivity index (χ1n) is 13.0. The van der Waals surface area contributed by atoms with Crippen LogP contribution in [0.25, 0.3) is 0 Å². The number of carbonyl (C=O) groups is 1. The Kier molecular flexibility index (Phi) is 8.21. The van der Waals surface area contributed by atoms with Gasteiger partial charge in [0.2, 0.25) is 5.91 Å². The van der Waals surface area contributed by atoms with Crippen LogP contribution in [0.3, 0.4) is 0 Å². The van der Waals surface area contributed by atoms with Crippen LogP contribution in [0.15, 0.2) is 54.6 Å². The van der Waals surface area contributed by atoms with E-state index in [1.165, 1.54) is 11.0 Å². The van der Waals surface area contributed by atoms with E-state index in [9.17, 15) is 9.90 Å². The standard InChI is InChI=1S/C30H31Cl2FN2O4/c1-38-22-5-2-20(3-6-22)17-35-28(37)11-7-23-27(10-8-25(33)29(23)35)39-19-30(18-36)12-14-34(15-13-30)26-9-4-21(31)16-24(26)32/h2-6,8-10,16,36H,7,11-15,17-19H2,1H3. The molecular formula is C30H31Cl2FN2O4. The van der Waals surface area contributed by atoms with Crippen molar-refractivity contribution in [1.82, 2.24) is 0 Å². The van der Waals surface area contributed by atoms with Gasteiger partial charge in [-0.3, -0.25) is 4.79 Å². The smallest absolute Gasteiger partial charge is 0.227 e. The Morgan fingerprint density at radius 2 is 1.77 bits per heavy atom. The van der Waals surface area contributed by atoms with Crippen molar-refractivity contribution in [3.63, 3.8) is 0 Å². The molecule has 0 radical (unpaired) electrons. The zero-order valence-corrected chi connectivity index (χ0v) is 23.3. The number of methoxy groups -OCH3 is 1. The van der Waals surface area contributed by atoms with Gasteiger partial charge in [0.15, 0.2) is 0 Å². The lowest BCUT2D eigenvalue weighted by Crippen LogP contribution is -2.45. The van der Waals surface area contributed by atoms with Crippen molar-refractivity contribution in [1.29, 1.82) is 0 Å². The predicted octanol–water partition coefficient (Wildman–Crippen LogP) is 6.28. The van der Waals surface area contributed by atoms with E-state index >= 15 is 4.39 Å². The van der Waals surface area contributed by atoms with Gasteiger partial charge in [0.25, 0.3) is 0 Å². The van der Waals surface area contributed by atoms with Crippen molar-refractivity contribution >= 4 is 40.5 Å². The van der Waals surface area contributed by atoms with Gasteiger partial charge in [-0.25, -0.2) is 4.39 Å². The third kappa shape index (κ3) is 5.81. The number of anilines is 2. The summed E-state index contributed by atoms with van der Waals surface area (Å²) in [5.74, 6) is 0.680. The van der Waals surface area contributed by atoms with Crippen molar-refractivity contribution in [2.24, 2.45) is 5.41 Å². The van der Waals surface area contributed by atoms with E-state index < -0.39 is 11.2 Å². The molecule has 9 heteroatoms. The van der Waals surface area contributed by atoms with Gasteiger partial charge in [0.1, 0.15) is 17.3 Å². The van der Waals surface area contributed by atoms with Crippen molar-refractivity contribution in [2.45, 2.75) is 32.2 Å². The lowest BCUT2D eigenvalue weighted by molar-refractivity contribution is -0.119. The number of benzene rings is 3. The van der Waals surface area contributed by atoms with Crippen LogP contribution in [0.2, 0.25) is 10.0 Å². The summed E-state index contributed by atoms with van der Waals surface area (Å²) in [7, 11) is 1.59. The fraction of sp³-hybridized carbons (Fsp3) is 0.367. The number of hydrogen-bond donors (Lipinski definition) is 1. The van der Waals surface area contributed by atoms with E-state index in [2.05, 4.69) is 4.90 Å². The van der Waals surface area contributed by atoms with Crippen molar-refractivity contribution in [3.8, 4) is 11.5 Å². The monoisotopic (exact) mass is 572 g/mol. The highest BCUT2D eigenvalue weighted by atomic mass is 35.5. The predicted molar refractivity (Wildman–Crippen MR) is 152 cm³/mol. The number of fused-ring (bicyclic) bond motifs is 1. The molecule has 0 bridgehead atoms. The molecule has 2 aliphatic heterocycles. The van der Waals surface area contributed by atoms with Crippen molar-refractivity contribution in [2.75, 3.05) is 43.2 Å². The van der Waals surface area contributed by atoms with Gasteiger partial charge < -0.3 is 24.4 Å². The number of piperidine rings is 1. The molecule has 1 amide bonds.